The molecule has 0 aliphatic carbocycles. The third-order valence-electron chi connectivity index (χ3n) is 6.19. The highest BCUT2D eigenvalue weighted by Crippen LogP contribution is 2.17. The monoisotopic (exact) mass is 682 g/mol. The van der Waals surface area contributed by atoms with Crippen LogP contribution in [0.2, 0.25) is 0 Å². The highest BCUT2D eigenvalue weighted by atomic mass is 32.2. The van der Waals surface area contributed by atoms with Crippen molar-refractivity contribution in [1.82, 2.24) is 31.1 Å². The summed E-state index contributed by atoms with van der Waals surface area (Å²) in [5.74, 6) is 7.54. The molecule has 0 aliphatic heterocycles. The summed E-state index contributed by atoms with van der Waals surface area (Å²) in [6, 6.07) is 7.95. The van der Waals surface area contributed by atoms with E-state index in [0.717, 1.165) is 97.2 Å². The van der Waals surface area contributed by atoms with Crippen LogP contribution in [0.3, 0.4) is 0 Å². The Labute approximate surface area is 280 Å². The minimum atomic E-state index is -0.465. The Balaban J connectivity index is 1.54. The van der Waals surface area contributed by atoms with Crippen LogP contribution in [0.15, 0.2) is 57.1 Å². The molecule has 0 aliphatic rings. The average molecular weight is 683 g/mol. The van der Waals surface area contributed by atoms with Crippen LogP contribution in [0.25, 0.3) is 0 Å². The first kappa shape index (κ1) is 38.8. The van der Waals surface area contributed by atoms with Crippen molar-refractivity contribution in [2.75, 3.05) is 65.9 Å². The van der Waals surface area contributed by atoms with Crippen LogP contribution in [0.5, 0.6) is 0 Å². The maximum atomic E-state index is 11.0. The van der Waals surface area contributed by atoms with Crippen LogP contribution in [0.4, 0.5) is 0 Å². The zero-order chi connectivity index (χ0) is 33.6. The third-order valence-corrected chi connectivity index (χ3v) is 8.16. The van der Waals surface area contributed by atoms with Gasteiger partial charge in [0.1, 0.15) is 23.0 Å². The van der Waals surface area contributed by atoms with Gasteiger partial charge in [-0.05, 0) is 65.3 Å². The van der Waals surface area contributed by atoms with E-state index in [1.54, 1.807) is 23.5 Å². The molecule has 0 radical (unpaired) electrons. The lowest BCUT2D eigenvalue weighted by atomic mass is 10.2. The smallest absolute Gasteiger partial charge is 0.274 e. The quantitative estimate of drug-likeness (QED) is 0.0600. The number of nitro groups is 2. The number of nitrogens with one attached hydrogen (secondary N) is 4. The van der Waals surface area contributed by atoms with Crippen LogP contribution in [-0.2, 0) is 24.6 Å². The second-order valence-corrected chi connectivity index (χ2v) is 13.3. The summed E-state index contributed by atoms with van der Waals surface area (Å²) in [7, 11) is 7.98. The molecule has 0 atom stereocenters. The Morgan fingerprint density at radius 1 is 0.652 bits per heavy atom. The van der Waals surface area contributed by atoms with Gasteiger partial charge in [0.2, 0.25) is 0 Å². The maximum Gasteiger partial charge on any atom is 0.274 e. The molecule has 0 saturated heterocycles. The number of furan rings is 2. The van der Waals surface area contributed by atoms with Crippen LogP contribution < -0.4 is 21.3 Å². The summed E-state index contributed by atoms with van der Waals surface area (Å²) in [4.78, 5) is 25.3. The van der Waals surface area contributed by atoms with Crippen LogP contribution in [0.1, 0.15) is 48.7 Å². The van der Waals surface area contributed by atoms with E-state index in [1.165, 1.54) is 0 Å². The maximum absolute atomic E-state index is 11.0. The molecular weight excluding hydrogens is 633 g/mol. The van der Waals surface area contributed by atoms with E-state index < -0.39 is 9.85 Å². The zero-order valence-electron chi connectivity index (χ0n) is 27.4. The van der Waals surface area contributed by atoms with Gasteiger partial charge in [0.05, 0.1) is 34.4 Å². The lowest BCUT2D eigenvalue weighted by Crippen LogP contribution is -2.30. The van der Waals surface area contributed by atoms with E-state index in [1.807, 2.05) is 52.5 Å². The summed E-state index contributed by atoms with van der Waals surface area (Å²) in [5, 5.41) is 34.5. The van der Waals surface area contributed by atoms with Gasteiger partial charge in [0.25, 0.3) is 12.4 Å². The Bertz CT molecular complexity index is 1130. The van der Waals surface area contributed by atoms with E-state index in [2.05, 4.69) is 31.1 Å². The first-order valence-corrected chi connectivity index (χ1v) is 17.7. The van der Waals surface area contributed by atoms with Crippen molar-refractivity contribution in [2.45, 2.75) is 50.3 Å². The number of nitrogens with zero attached hydrogens (tertiary/aromatic N) is 4. The molecule has 16 heteroatoms. The number of rotatable bonds is 27. The lowest BCUT2D eigenvalue weighted by molar-refractivity contribution is -0.404. The molecule has 0 spiro atoms. The van der Waals surface area contributed by atoms with Gasteiger partial charge in [-0.3, -0.25) is 20.2 Å². The molecular formula is C30H50N8O6S2. The first-order valence-electron chi connectivity index (χ1n) is 15.4. The van der Waals surface area contributed by atoms with Gasteiger partial charge in [0, 0.05) is 37.7 Å². The Hall–Kier alpha value is -3.34. The van der Waals surface area contributed by atoms with E-state index >= 15 is 0 Å². The fourth-order valence-corrected chi connectivity index (χ4v) is 5.72. The first-order chi connectivity index (χ1) is 22.1. The molecule has 2 aromatic heterocycles. The summed E-state index contributed by atoms with van der Waals surface area (Å²) in [6.45, 7) is 3.90. The molecule has 14 nitrogen and oxygen atoms in total. The van der Waals surface area contributed by atoms with Crippen molar-refractivity contribution in [2.24, 2.45) is 0 Å². The van der Waals surface area contributed by atoms with E-state index in [9.17, 15) is 20.2 Å². The molecule has 0 fully saturated rings. The second kappa shape index (κ2) is 23.1. The van der Waals surface area contributed by atoms with E-state index in [4.69, 9.17) is 8.83 Å². The van der Waals surface area contributed by atoms with Crippen molar-refractivity contribution < 1.29 is 18.7 Å². The van der Waals surface area contributed by atoms with Gasteiger partial charge in [-0.1, -0.05) is 12.8 Å². The molecule has 2 aromatic rings. The minimum absolute atomic E-state index is 0.399. The molecule has 0 unspecified atom stereocenters. The highest BCUT2D eigenvalue weighted by molar-refractivity contribution is 7.98. The summed E-state index contributed by atoms with van der Waals surface area (Å²) in [5.41, 5.74) is 0. The molecule has 0 amide bonds. The van der Waals surface area contributed by atoms with Crippen molar-refractivity contribution >= 4 is 23.5 Å². The predicted octanol–water partition coefficient (Wildman–Crippen LogP) is 4.23. The minimum Gasteiger partial charge on any atom is -0.464 e. The molecule has 0 saturated carbocycles. The van der Waals surface area contributed by atoms with Gasteiger partial charge < -0.3 is 39.9 Å². The molecule has 258 valence electrons. The number of unbranched alkanes of at least 4 members (excludes halogenated alkanes) is 3. The summed E-state index contributed by atoms with van der Waals surface area (Å²) >= 11 is 3.40. The third kappa shape index (κ3) is 19.2. The number of hydrogen-bond acceptors (Lipinski definition) is 14. The van der Waals surface area contributed by atoms with Crippen molar-refractivity contribution in [1.29, 1.82) is 0 Å². The van der Waals surface area contributed by atoms with Crippen LogP contribution in [0, 0.1) is 20.2 Å². The molecule has 2 heterocycles. The second-order valence-electron chi connectivity index (χ2n) is 11.1. The number of thioether (sulfide) groups is 2. The average Bonchev–Trinajstić information content (AvgIpc) is 3.61. The van der Waals surface area contributed by atoms with Crippen molar-refractivity contribution in [3.8, 4) is 0 Å². The molecule has 2 rings (SSSR count). The van der Waals surface area contributed by atoms with Gasteiger partial charge in [0.15, 0.2) is 11.6 Å². The predicted molar refractivity (Wildman–Crippen MR) is 185 cm³/mol. The molecule has 46 heavy (non-hydrogen) atoms. The largest absolute Gasteiger partial charge is 0.464 e. The topological polar surface area (TPSA) is 167 Å². The van der Waals surface area contributed by atoms with Gasteiger partial charge in [-0.2, -0.15) is 23.5 Å². The normalized spacial score (nSPS) is 12.1. The molecule has 0 bridgehead atoms. The van der Waals surface area contributed by atoms with Crippen LogP contribution >= 0.6 is 23.5 Å². The van der Waals surface area contributed by atoms with Gasteiger partial charge in [-0.25, -0.2) is 0 Å². The van der Waals surface area contributed by atoms with E-state index in [0.29, 0.717) is 37.8 Å². The van der Waals surface area contributed by atoms with Crippen molar-refractivity contribution in [3.05, 3.63) is 91.6 Å². The fourth-order valence-electron chi connectivity index (χ4n) is 4.22. The SMILES string of the molecule is CN(C)Cc1ccc(CSCCN/C(=C/[N+](=O)[O-])NCCCCCCN/C(=C\[N+](=O)[O-])NCCSCc2ccc(CN(C)C)o2)o1. The Morgan fingerprint density at radius 2 is 1.02 bits per heavy atom. The summed E-state index contributed by atoms with van der Waals surface area (Å²) in [6.07, 6.45) is 5.47. The Kier molecular flexibility index (Phi) is 19.5. The fraction of sp³-hybridized carbons (Fsp3) is 0.600. The molecule has 0 aromatic carbocycles. The van der Waals surface area contributed by atoms with Gasteiger partial charge in [-0.15, -0.1) is 0 Å². The van der Waals surface area contributed by atoms with Crippen molar-refractivity contribution in [3.63, 3.8) is 0 Å². The Morgan fingerprint density at radius 3 is 1.39 bits per heavy atom. The summed E-state index contributed by atoms with van der Waals surface area (Å²) < 4.78 is 11.6. The van der Waals surface area contributed by atoms with Crippen LogP contribution in [-0.4, -0.2) is 85.5 Å². The van der Waals surface area contributed by atoms with Gasteiger partial charge >= 0.3 is 0 Å². The zero-order valence-corrected chi connectivity index (χ0v) is 29.1. The standard InChI is InChI=1S/C30H50N8O6S2/c1-35(2)19-25-9-11-27(43-25)23-45-17-15-33-29(21-37(39)40)31-13-7-5-6-8-14-32-30(22-38(41)42)34-16-18-46-24-28-12-10-26(44-28)20-36(3)4/h9-12,21-22,31-34H,5-8,13-20,23-24H2,1-4H3/b29-21+,30-22+. The highest BCUT2D eigenvalue weighted by Gasteiger charge is 2.07. The number of hydrogen-bond donors (Lipinski definition) is 4. The van der Waals surface area contributed by atoms with E-state index in [-0.39, 0.29) is 0 Å². The molecule has 4 N–H and O–H groups in total. The lowest BCUT2D eigenvalue weighted by Gasteiger charge is -2.12.